The van der Waals surface area contributed by atoms with Crippen LogP contribution in [0.4, 0.5) is 0 Å². The first-order valence-corrected chi connectivity index (χ1v) is 8.33. The third-order valence-electron chi connectivity index (χ3n) is 4.18. The highest BCUT2D eigenvalue weighted by Crippen LogP contribution is 2.21. The normalized spacial score (nSPS) is 17.9. The van der Waals surface area contributed by atoms with Crippen LogP contribution in [0.1, 0.15) is 58.8 Å². The molecular formula is C16H34N4. The molecule has 0 unspecified atom stereocenters. The number of guanidine groups is 1. The second kappa shape index (κ2) is 10.0. The molecule has 0 spiro atoms. The van der Waals surface area contributed by atoms with E-state index in [4.69, 9.17) is 5.73 Å². The van der Waals surface area contributed by atoms with E-state index in [1.165, 1.54) is 32.1 Å². The highest BCUT2D eigenvalue weighted by molar-refractivity contribution is 5.77. The minimum atomic E-state index is 0.603. The number of rotatable bonds is 8. The van der Waals surface area contributed by atoms with Crippen molar-refractivity contribution in [1.82, 2.24) is 10.2 Å². The van der Waals surface area contributed by atoms with E-state index in [1.54, 1.807) is 0 Å². The van der Waals surface area contributed by atoms with Crippen LogP contribution in [0, 0.1) is 5.92 Å². The molecule has 1 aliphatic carbocycles. The number of hydrogen-bond acceptors (Lipinski definition) is 2. The molecule has 0 aromatic carbocycles. The van der Waals surface area contributed by atoms with Crippen LogP contribution in [0.25, 0.3) is 0 Å². The van der Waals surface area contributed by atoms with E-state index in [1.807, 2.05) is 0 Å². The Balaban J connectivity index is 2.07. The molecule has 3 N–H and O–H groups in total. The number of aliphatic imine (C=N–C) groups is 1. The van der Waals surface area contributed by atoms with Gasteiger partial charge in [-0.05, 0) is 45.2 Å². The van der Waals surface area contributed by atoms with Crippen molar-refractivity contribution in [3.05, 3.63) is 0 Å². The minimum absolute atomic E-state index is 0.603. The van der Waals surface area contributed by atoms with Gasteiger partial charge in [0.15, 0.2) is 5.96 Å². The molecule has 20 heavy (non-hydrogen) atoms. The van der Waals surface area contributed by atoms with Gasteiger partial charge in [0.2, 0.25) is 0 Å². The lowest BCUT2D eigenvalue weighted by molar-refractivity contribution is 0.191. The van der Waals surface area contributed by atoms with E-state index < -0.39 is 0 Å². The molecule has 1 aliphatic rings. The molecule has 0 aliphatic heterocycles. The molecule has 0 aromatic heterocycles. The highest BCUT2D eigenvalue weighted by Gasteiger charge is 2.16. The molecule has 0 saturated heterocycles. The van der Waals surface area contributed by atoms with Crippen molar-refractivity contribution < 1.29 is 0 Å². The summed E-state index contributed by atoms with van der Waals surface area (Å²) in [6.45, 7) is 7.33. The van der Waals surface area contributed by atoms with Crippen molar-refractivity contribution >= 4 is 5.96 Å². The highest BCUT2D eigenvalue weighted by atomic mass is 15.1. The van der Waals surface area contributed by atoms with Crippen LogP contribution >= 0.6 is 0 Å². The third kappa shape index (κ3) is 7.73. The molecule has 1 saturated carbocycles. The summed E-state index contributed by atoms with van der Waals surface area (Å²) in [6, 6.07) is 0.800. The first-order valence-electron chi connectivity index (χ1n) is 8.33. The zero-order chi connectivity index (χ0) is 14.8. The fraction of sp³-hybridized carbons (Fsp3) is 0.938. The zero-order valence-corrected chi connectivity index (χ0v) is 13.7. The Morgan fingerprint density at radius 1 is 1.30 bits per heavy atom. The van der Waals surface area contributed by atoms with E-state index in [-0.39, 0.29) is 0 Å². The van der Waals surface area contributed by atoms with Gasteiger partial charge in [-0.1, -0.05) is 33.1 Å². The molecule has 0 aromatic rings. The van der Waals surface area contributed by atoms with Gasteiger partial charge in [0, 0.05) is 19.1 Å². The predicted molar refractivity (Wildman–Crippen MR) is 88.1 cm³/mol. The lowest BCUT2D eigenvalue weighted by Gasteiger charge is -2.30. The van der Waals surface area contributed by atoms with Gasteiger partial charge in [-0.25, -0.2) is 0 Å². The zero-order valence-electron chi connectivity index (χ0n) is 13.7. The van der Waals surface area contributed by atoms with Gasteiger partial charge in [0.1, 0.15) is 0 Å². The molecule has 0 radical (unpaired) electrons. The van der Waals surface area contributed by atoms with Gasteiger partial charge in [0.05, 0.1) is 0 Å². The molecular weight excluding hydrogens is 248 g/mol. The SMILES string of the molecule is CC(C)CCNC(N)=NCCCN(C)C1CCCCC1. The van der Waals surface area contributed by atoms with E-state index in [0.29, 0.717) is 11.9 Å². The van der Waals surface area contributed by atoms with Crippen molar-refractivity contribution in [1.29, 1.82) is 0 Å². The molecule has 0 heterocycles. The standard InChI is InChI=1S/C16H34N4/c1-14(2)10-12-19-16(17)18-11-7-13-20(3)15-8-5-4-6-9-15/h14-15H,4-13H2,1-3H3,(H3,17,18,19). The summed E-state index contributed by atoms with van der Waals surface area (Å²) >= 11 is 0. The van der Waals surface area contributed by atoms with Crippen LogP contribution < -0.4 is 11.1 Å². The van der Waals surface area contributed by atoms with Gasteiger partial charge in [-0.2, -0.15) is 0 Å². The monoisotopic (exact) mass is 282 g/mol. The van der Waals surface area contributed by atoms with Crippen molar-refractivity contribution in [2.24, 2.45) is 16.6 Å². The summed E-state index contributed by atoms with van der Waals surface area (Å²) in [5, 5.41) is 3.18. The minimum Gasteiger partial charge on any atom is -0.370 e. The van der Waals surface area contributed by atoms with Gasteiger partial charge in [0.25, 0.3) is 0 Å². The molecule has 0 amide bonds. The summed E-state index contributed by atoms with van der Waals surface area (Å²) in [5.74, 6) is 1.31. The van der Waals surface area contributed by atoms with Crippen molar-refractivity contribution in [2.75, 3.05) is 26.7 Å². The largest absolute Gasteiger partial charge is 0.370 e. The first-order chi connectivity index (χ1) is 9.59. The topological polar surface area (TPSA) is 53.6 Å². The van der Waals surface area contributed by atoms with Crippen molar-refractivity contribution in [3.63, 3.8) is 0 Å². The van der Waals surface area contributed by atoms with E-state index >= 15 is 0 Å². The van der Waals surface area contributed by atoms with Crippen molar-refractivity contribution in [2.45, 2.75) is 64.8 Å². The average molecular weight is 282 g/mol. The molecule has 118 valence electrons. The summed E-state index contributed by atoms with van der Waals surface area (Å²) in [7, 11) is 2.25. The van der Waals surface area contributed by atoms with Gasteiger partial charge in [-0.15, -0.1) is 0 Å². The smallest absolute Gasteiger partial charge is 0.188 e. The summed E-state index contributed by atoms with van der Waals surface area (Å²) in [4.78, 5) is 6.91. The fourth-order valence-electron chi connectivity index (χ4n) is 2.77. The molecule has 4 nitrogen and oxygen atoms in total. The summed E-state index contributed by atoms with van der Waals surface area (Å²) in [6.07, 6.45) is 9.21. The molecule has 0 bridgehead atoms. The molecule has 1 rings (SSSR count). The van der Waals surface area contributed by atoms with E-state index in [2.05, 4.69) is 36.1 Å². The van der Waals surface area contributed by atoms with E-state index in [9.17, 15) is 0 Å². The lowest BCUT2D eigenvalue weighted by atomic mass is 9.94. The Bertz CT molecular complexity index is 270. The van der Waals surface area contributed by atoms with Gasteiger partial charge < -0.3 is 16.0 Å². The maximum Gasteiger partial charge on any atom is 0.188 e. The van der Waals surface area contributed by atoms with Crippen LogP contribution in [0.5, 0.6) is 0 Å². The van der Waals surface area contributed by atoms with Crippen LogP contribution in [0.3, 0.4) is 0 Å². The first kappa shape index (κ1) is 17.3. The predicted octanol–water partition coefficient (Wildman–Crippen LogP) is 2.59. The Labute approximate surface area is 125 Å². The fourth-order valence-corrected chi connectivity index (χ4v) is 2.77. The van der Waals surface area contributed by atoms with Gasteiger partial charge >= 0.3 is 0 Å². The molecule has 4 heteroatoms. The van der Waals surface area contributed by atoms with Crippen LogP contribution in [-0.2, 0) is 0 Å². The Hall–Kier alpha value is -0.770. The Morgan fingerprint density at radius 3 is 2.65 bits per heavy atom. The second-order valence-corrected chi connectivity index (χ2v) is 6.50. The average Bonchev–Trinajstić information content (AvgIpc) is 2.44. The molecule has 0 atom stereocenters. The maximum atomic E-state index is 5.84. The van der Waals surface area contributed by atoms with Crippen LogP contribution in [-0.4, -0.2) is 43.6 Å². The third-order valence-corrected chi connectivity index (χ3v) is 4.18. The Kier molecular flexibility index (Phi) is 8.67. The number of nitrogens with one attached hydrogen (secondary N) is 1. The number of hydrogen-bond donors (Lipinski definition) is 2. The van der Waals surface area contributed by atoms with Crippen molar-refractivity contribution in [3.8, 4) is 0 Å². The Morgan fingerprint density at radius 2 is 2.00 bits per heavy atom. The van der Waals surface area contributed by atoms with E-state index in [0.717, 1.165) is 38.5 Å². The van der Waals surface area contributed by atoms with Crippen LogP contribution in [0.2, 0.25) is 0 Å². The van der Waals surface area contributed by atoms with Gasteiger partial charge in [-0.3, -0.25) is 4.99 Å². The quantitative estimate of drug-likeness (QED) is 0.409. The maximum absolute atomic E-state index is 5.84. The summed E-state index contributed by atoms with van der Waals surface area (Å²) in [5.41, 5.74) is 5.84. The molecule has 1 fully saturated rings. The number of nitrogens with two attached hydrogens (primary N) is 1. The van der Waals surface area contributed by atoms with Crippen LogP contribution in [0.15, 0.2) is 4.99 Å². The summed E-state index contributed by atoms with van der Waals surface area (Å²) < 4.78 is 0. The second-order valence-electron chi connectivity index (χ2n) is 6.50. The lowest BCUT2D eigenvalue weighted by Crippen LogP contribution is -2.35. The number of nitrogens with zero attached hydrogens (tertiary/aromatic N) is 2.